The van der Waals surface area contributed by atoms with Crippen LogP contribution in [-0.2, 0) is 16.0 Å². The quantitative estimate of drug-likeness (QED) is 0.466. The summed E-state index contributed by atoms with van der Waals surface area (Å²) in [5.74, 6) is -1.98. The molecule has 4 N–H and O–H groups in total. The van der Waals surface area contributed by atoms with Crippen molar-refractivity contribution in [3.8, 4) is 23.8 Å². The molecule has 0 unspecified atom stereocenters. The van der Waals surface area contributed by atoms with Gasteiger partial charge in [0.25, 0.3) is 0 Å². The van der Waals surface area contributed by atoms with E-state index in [2.05, 4.69) is 16.0 Å². The number of halogens is 3. The topological polar surface area (TPSA) is 169 Å². The number of carboxylic acid groups (broad SMARTS) is 1. The van der Waals surface area contributed by atoms with E-state index in [1.165, 1.54) is 6.20 Å². The molecule has 10 nitrogen and oxygen atoms in total. The molecule has 3 heterocycles. The molecule has 1 aliphatic rings. The number of H-pyrrole nitrogens is 1. The van der Waals surface area contributed by atoms with Gasteiger partial charge in [-0.25, -0.2) is 9.78 Å². The molecule has 1 saturated heterocycles. The highest BCUT2D eigenvalue weighted by atomic mass is 19.4. The average molecular weight is 514 g/mol. The van der Waals surface area contributed by atoms with Crippen LogP contribution in [0.2, 0.25) is 0 Å². The molecule has 1 amide bonds. The fourth-order valence-electron chi connectivity index (χ4n) is 3.72. The Labute approximate surface area is 208 Å². The van der Waals surface area contributed by atoms with E-state index in [9.17, 15) is 23.2 Å². The summed E-state index contributed by atoms with van der Waals surface area (Å²) in [6.45, 7) is 0.578. The highest BCUT2D eigenvalue weighted by molar-refractivity contribution is 5.87. The normalized spacial score (nSPS) is 15.7. The molecular weight excluding hydrogens is 493 g/mol. The van der Waals surface area contributed by atoms with E-state index < -0.39 is 18.2 Å². The van der Waals surface area contributed by atoms with Crippen molar-refractivity contribution in [2.45, 2.75) is 37.5 Å². The van der Waals surface area contributed by atoms with Crippen molar-refractivity contribution in [1.82, 2.24) is 14.9 Å². The minimum Gasteiger partial charge on any atom is -0.475 e. The van der Waals surface area contributed by atoms with Gasteiger partial charge in [-0.3, -0.25) is 4.79 Å². The first-order valence-electron chi connectivity index (χ1n) is 10.9. The van der Waals surface area contributed by atoms with Gasteiger partial charge >= 0.3 is 12.1 Å². The first kappa shape index (κ1) is 27.0. The zero-order valence-corrected chi connectivity index (χ0v) is 19.2. The van der Waals surface area contributed by atoms with Crippen LogP contribution in [0, 0.1) is 22.7 Å². The van der Waals surface area contributed by atoms with Crippen LogP contribution in [0.5, 0.6) is 11.6 Å². The highest BCUT2D eigenvalue weighted by Crippen LogP contribution is 2.28. The number of hydrogen-bond donors (Lipinski definition) is 3. The van der Waals surface area contributed by atoms with Gasteiger partial charge in [0, 0.05) is 35.9 Å². The number of hydrogen-bond acceptors (Lipinski definition) is 7. The third kappa shape index (κ3) is 6.74. The van der Waals surface area contributed by atoms with Crippen molar-refractivity contribution in [2.75, 3.05) is 6.54 Å². The van der Waals surface area contributed by atoms with Crippen LogP contribution in [0.1, 0.15) is 24.0 Å². The molecule has 13 heteroatoms. The predicted molar refractivity (Wildman–Crippen MR) is 123 cm³/mol. The number of fused-ring (bicyclic) bond motifs is 1. The number of aromatic nitrogens is 2. The number of benzene rings is 1. The molecule has 0 bridgehead atoms. The molecule has 0 spiro atoms. The van der Waals surface area contributed by atoms with Crippen molar-refractivity contribution in [3.63, 3.8) is 0 Å². The molecule has 192 valence electrons. The molecule has 37 heavy (non-hydrogen) atoms. The zero-order valence-electron chi connectivity index (χ0n) is 19.2. The Morgan fingerprint density at radius 1 is 1.30 bits per heavy atom. The van der Waals surface area contributed by atoms with E-state index in [-0.39, 0.29) is 11.9 Å². The number of carbonyl (C=O) groups excluding carboxylic acids is 1. The fourth-order valence-corrected chi connectivity index (χ4v) is 3.72. The standard InChI is InChI=1S/C22H20N6O2.C2HF3O2/c23-10-14-3-6-21(27-12-14)30-17-4-5-20-18(9-17)15(13-26-20)8-19(25)22(29)28-7-1-2-16(28)11-24;3-2(4,5)1(6)7/h3-6,9,12-13,16,19,26H,1-2,7-8,25H2;(H,6,7)/t16-,19-;/m0./s1. The van der Waals surface area contributed by atoms with Crippen molar-refractivity contribution < 1.29 is 32.6 Å². The van der Waals surface area contributed by atoms with Gasteiger partial charge in [-0.1, -0.05) is 0 Å². The predicted octanol–water partition coefficient (Wildman–Crippen LogP) is 3.24. The smallest absolute Gasteiger partial charge is 0.475 e. The van der Waals surface area contributed by atoms with E-state index in [0.29, 0.717) is 36.6 Å². The van der Waals surface area contributed by atoms with Gasteiger partial charge < -0.3 is 25.5 Å². The van der Waals surface area contributed by atoms with Crippen LogP contribution >= 0.6 is 0 Å². The number of carboxylic acids is 1. The monoisotopic (exact) mass is 514 g/mol. The molecule has 1 aliphatic heterocycles. The van der Waals surface area contributed by atoms with Gasteiger partial charge in [0.15, 0.2) is 0 Å². The Balaban J connectivity index is 0.000000479. The third-order valence-electron chi connectivity index (χ3n) is 5.51. The summed E-state index contributed by atoms with van der Waals surface area (Å²) >= 11 is 0. The Morgan fingerprint density at radius 2 is 2.03 bits per heavy atom. The van der Waals surface area contributed by atoms with Crippen LogP contribution in [0.15, 0.2) is 42.7 Å². The molecule has 2 aromatic heterocycles. The van der Waals surface area contributed by atoms with Crippen molar-refractivity contribution in [1.29, 1.82) is 10.5 Å². The molecule has 0 radical (unpaired) electrons. The Hall–Kier alpha value is -4.62. The average Bonchev–Trinajstić information content (AvgIpc) is 3.51. The van der Waals surface area contributed by atoms with Crippen LogP contribution in [-0.4, -0.2) is 56.7 Å². The fraction of sp³-hybridized carbons (Fsp3) is 0.292. The Bertz CT molecular complexity index is 1360. The molecule has 3 aromatic rings. The van der Waals surface area contributed by atoms with Crippen LogP contribution in [0.25, 0.3) is 10.9 Å². The molecule has 0 saturated carbocycles. The number of nitrogens with one attached hydrogen (secondary N) is 1. The van der Waals surface area contributed by atoms with Crippen LogP contribution < -0.4 is 10.5 Å². The summed E-state index contributed by atoms with van der Waals surface area (Å²) in [5.41, 5.74) is 8.47. The lowest BCUT2D eigenvalue weighted by atomic mass is 10.0. The minimum atomic E-state index is -5.08. The minimum absolute atomic E-state index is 0.192. The van der Waals surface area contributed by atoms with Crippen molar-refractivity contribution in [2.24, 2.45) is 5.73 Å². The first-order chi connectivity index (χ1) is 17.5. The highest BCUT2D eigenvalue weighted by Gasteiger charge is 2.38. The van der Waals surface area contributed by atoms with E-state index in [1.807, 2.05) is 30.5 Å². The van der Waals surface area contributed by atoms with Gasteiger partial charge in [-0.15, -0.1) is 0 Å². The van der Waals surface area contributed by atoms with E-state index >= 15 is 0 Å². The van der Waals surface area contributed by atoms with Crippen LogP contribution in [0.4, 0.5) is 13.2 Å². The summed E-state index contributed by atoms with van der Waals surface area (Å²) in [6, 6.07) is 11.9. The third-order valence-corrected chi connectivity index (χ3v) is 5.51. The number of nitrogens with two attached hydrogens (primary N) is 1. The molecule has 0 aliphatic carbocycles. The number of carbonyl (C=O) groups is 2. The van der Waals surface area contributed by atoms with Crippen molar-refractivity contribution in [3.05, 3.63) is 53.9 Å². The van der Waals surface area contributed by atoms with E-state index in [0.717, 1.165) is 22.9 Å². The molecule has 4 rings (SSSR count). The number of aliphatic carboxylic acids is 1. The number of ether oxygens (including phenoxy) is 1. The van der Waals surface area contributed by atoms with Crippen LogP contribution in [0.3, 0.4) is 0 Å². The zero-order chi connectivity index (χ0) is 27.2. The lowest BCUT2D eigenvalue weighted by Crippen LogP contribution is -2.46. The van der Waals surface area contributed by atoms with E-state index in [1.54, 1.807) is 17.0 Å². The summed E-state index contributed by atoms with van der Waals surface area (Å²) in [5, 5.41) is 26.1. The molecule has 1 aromatic carbocycles. The number of nitriles is 2. The first-order valence-corrected chi connectivity index (χ1v) is 10.9. The maximum atomic E-state index is 12.7. The van der Waals surface area contributed by atoms with Gasteiger partial charge in [0.1, 0.15) is 17.9 Å². The van der Waals surface area contributed by atoms with Gasteiger partial charge in [0.05, 0.1) is 17.7 Å². The molecule has 2 atom stereocenters. The number of pyridine rings is 1. The number of nitrogens with zero attached hydrogens (tertiary/aromatic N) is 4. The van der Waals surface area contributed by atoms with Gasteiger partial charge in [-0.2, -0.15) is 23.7 Å². The number of likely N-dealkylation sites (tertiary alicyclic amines) is 1. The van der Waals surface area contributed by atoms with Crippen molar-refractivity contribution >= 4 is 22.8 Å². The number of alkyl halides is 3. The second-order valence-corrected chi connectivity index (χ2v) is 8.05. The van der Waals surface area contributed by atoms with E-state index in [4.69, 9.17) is 25.6 Å². The Morgan fingerprint density at radius 3 is 2.62 bits per heavy atom. The maximum Gasteiger partial charge on any atom is 0.490 e. The number of amides is 1. The summed E-state index contributed by atoms with van der Waals surface area (Å²) in [4.78, 5) is 30.5. The lowest BCUT2D eigenvalue weighted by Gasteiger charge is -2.23. The van der Waals surface area contributed by atoms with Gasteiger partial charge in [-0.05, 0) is 49.1 Å². The Kier molecular flexibility index (Phi) is 8.32. The largest absolute Gasteiger partial charge is 0.490 e. The second kappa shape index (κ2) is 11.4. The number of rotatable bonds is 5. The maximum absolute atomic E-state index is 12.7. The van der Waals surface area contributed by atoms with Gasteiger partial charge in [0.2, 0.25) is 11.8 Å². The second-order valence-electron chi connectivity index (χ2n) is 8.05. The number of aromatic amines is 1. The summed E-state index contributed by atoms with van der Waals surface area (Å²) < 4.78 is 37.5. The lowest BCUT2D eigenvalue weighted by molar-refractivity contribution is -0.192. The molecular formula is C24H21F3N6O4. The summed E-state index contributed by atoms with van der Waals surface area (Å²) in [7, 11) is 0. The summed E-state index contributed by atoms with van der Waals surface area (Å²) in [6.07, 6.45) is 0.0897. The SMILES string of the molecule is N#Cc1ccc(Oc2ccc3[nH]cc(C[C@H](N)C(=O)N4CCC[C@H]4C#N)c3c2)nc1.O=C(O)C(F)(F)F. The molecule has 1 fully saturated rings.